The van der Waals surface area contributed by atoms with E-state index in [0.29, 0.717) is 23.7 Å². The molecule has 6 heteroatoms. The van der Waals surface area contributed by atoms with Gasteiger partial charge in [-0.15, -0.1) is 0 Å². The number of allylic oxidation sites excluding steroid dienone is 2. The Morgan fingerprint density at radius 3 is 1.71 bits per heavy atom. The summed E-state index contributed by atoms with van der Waals surface area (Å²) in [7, 11) is 2.96. The number of hydrogen-bond donors (Lipinski definition) is 0. The fraction of sp³-hybridized carbons (Fsp3) is 0.778. The molecule has 3 fully saturated rings. The molecule has 4 rings (SSSR count). The number of rotatable bonds is 6. The number of fused-ring (bicyclic) bond motifs is 9. The lowest BCUT2D eigenvalue weighted by molar-refractivity contribution is -0.177. The Morgan fingerprint density at radius 2 is 1.29 bits per heavy atom. The predicted octanol–water partition coefficient (Wildman–Crippen LogP) is 1.60. The van der Waals surface area contributed by atoms with Crippen LogP contribution in [0.3, 0.4) is 0 Å². The molecule has 8 atom stereocenters. The number of ether oxygens (including phenoxy) is 4. The Labute approximate surface area is 141 Å². The molecule has 4 aliphatic carbocycles. The topological polar surface area (TPSA) is 71.1 Å². The van der Waals surface area contributed by atoms with Crippen LogP contribution in [-0.4, -0.2) is 39.7 Å². The first kappa shape index (κ1) is 16.1. The highest BCUT2D eigenvalue weighted by Crippen LogP contribution is 2.68. The van der Waals surface area contributed by atoms with Crippen LogP contribution in [0.25, 0.3) is 0 Å². The van der Waals surface area contributed by atoms with Crippen LogP contribution in [0.1, 0.15) is 12.8 Å². The maximum Gasteiger partial charge on any atom is 0.312 e. The van der Waals surface area contributed by atoms with Crippen molar-refractivity contribution >= 4 is 11.9 Å². The molecule has 0 aromatic heterocycles. The first-order valence-electron chi connectivity index (χ1n) is 8.66. The van der Waals surface area contributed by atoms with Gasteiger partial charge in [0.05, 0.1) is 11.8 Å². The molecule has 0 saturated heterocycles. The van der Waals surface area contributed by atoms with Gasteiger partial charge in [-0.3, -0.25) is 9.59 Å². The minimum absolute atomic E-state index is 0.0768. The van der Waals surface area contributed by atoms with Crippen LogP contribution in [0.15, 0.2) is 12.2 Å². The quantitative estimate of drug-likeness (QED) is 0.318. The molecule has 0 amide bonds. The Hall–Kier alpha value is -1.40. The van der Waals surface area contributed by atoms with Crippen LogP contribution in [-0.2, 0) is 28.5 Å². The highest BCUT2D eigenvalue weighted by Gasteiger charge is 2.68. The molecular formula is C18H24O6. The van der Waals surface area contributed by atoms with Crippen LogP contribution in [0, 0.1) is 47.3 Å². The van der Waals surface area contributed by atoms with Crippen molar-refractivity contribution in [2.45, 2.75) is 12.8 Å². The van der Waals surface area contributed by atoms with Gasteiger partial charge in [0, 0.05) is 14.2 Å². The summed E-state index contributed by atoms with van der Waals surface area (Å²) in [5.74, 6) is 1.09. The molecule has 0 radical (unpaired) electrons. The Morgan fingerprint density at radius 1 is 0.833 bits per heavy atom. The zero-order valence-corrected chi connectivity index (χ0v) is 14.1. The van der Waals surface area contributed by atoms with E-state index in [2.05, 4.69) is 12.2 Å². The van der Waals surface area contributed by atoms with Gasteiger partial charge >= 0.3 is 11.9 Å². The lowest BCUT2D eigenvalue weighted by atomic mass is 9.65. The van der Waals surface area contributed by atoms with Crippen molar-refractivity contribution in [2.75, 3.05) is 27.8 Å². The van der Waals surface area contributed by atoms with Gasteiger partial charge in [-0.05, 0) is 48.3 Å². The average molecular weight is 336 g/mol. The van der Waals surface area contributed by atoms with Gasteiger partial charge in [0.2, 0.25) is 0 Å². The summed E-state index contributed by atoms with van der Waals surface area (Å²) in [6.07, 6.45) is 6.70. The van der Waals surface area contributed by atoms with Crippen LogP contribution in [0.2, 0.25) is 0 Å². The SMILES string of the molecule is COCOC(=O)C1C2CC(C1C(=O)OCOC)C1C3C=CC(C3)C21. The largest absolute Gasteiger partial charge is 0.438 e. The van der Waals surface area contributed by atoms with E-state index in [0.717, 1.165) is 6.42 Å². The summed E-state index contributed by atoms with van der Waals surface area (Å²) < 4.78 is 20.2. The van der Waals surface area contributed by atoms with Gasteiger partial charge in [-0.1, -0.05) is 12.2 Å². The summed E-state index contributed by atoms with van der Waals surface area (Å²) >= 11 is 0. The lowest BCUT2D eigenvalue weighted by Crippen LogP contribution is -2.45. The van der Waals surface area contributed by atoms with Crippen molar-refractivity contribution in [1.82, 2.24) is 0 Å². The molecule has 24 heavy (non-hydrogen) atoms. The lowest BCUT2D eigenvalue weighted by Gasteiger charge is -2.39. The highest BCUT2D eigenvalue weighted by molar-refractivity contribution is 5.84. The van der Waals surface area contributed by atoms with Crippen molar-refractivity contribution in [2.24, 2.45) is 47.3 Å². The molecule has 132 valence electrons. The fourth-order valence-electron chi connectivity index (χ4n) is 6.11. The average Bonchev–Trinajstić information content (AvgIpc) is 3.34. The number of carbonyl (C=O) groups excluding carboxylic acids is 2. The standard InChI is InChI=1S/C18H24O6/c1-21-7-23-17(19)15-11-6-12(16(15)18(20)24-8-22-2)14-10-4-3-9(5-10)13(11)14/h3-4,9-16H,5-8H2,1-2H3. The molecule has 3 saturated carbocycles. The third-order valence-electron chi connectivity index (χ3n) is 6.61. The van der Waals surface area contributed by atoms with Gasteiger partial charge < -0.3 is 18.9 Å². The van der Waals surface area contributed by atoms with Crippen LogP contribution in [0.4, 0.5) is 0 Å². The third kappa shape index (κ3) is 2.23. The fourth-order valence-corrected chi connectivity index (χ4v) is 6.11. The van der Waals surface area contributed by atoms with E-state index >= 15 is 0 Å². The number of hydrogen-bond acceptors (Lipinski definition) is 6. The first-order valence-corrected chi connectivity index (χ1v) is 8.66. The minimum Gasteiger partial charge on any atom is -0.438 e. The third-order valence-corrected chi connectivity index (χ3v) is 6.61. The molecule has 4 aliphatic rings. The van der Waals surface area contributed by atoms with Crippen LogP contribution < -0.4 is 0 Å². The second kappa shape index (κ2) is 6.15. The van der Waals surface area contributed by atoms with Gasteiger partial charge in [-0.2, -0.15) is 0 Å². The van der Waals surface area contributed by atoms with Crippen molar-refractivity contribution in [3.8, 4) is 0 Å². The van der Waals surface area contributed by atoms with Crippen LogP contribution in [0.5, 0.6) is 0 Å². The molecule has 0 aliphatic heterocycles. The van der Waals surface area contributed by atoms with E-state index in [1.54, 1.807) is 0 Å². The molecule has 0 N–H and O–H groups in total. The summed E-state index contributed by atoms with van der Waals surface area (Å²) in [6.45, 7) is -0.154. The van der Waals surface area contributed by atoms with Gasteiger partial charge in [0.15, 0.2) is 13.6 Å². The maximum atomic E-state index is 12.6. The zero-order chi connectivity index (χ0) is 16.8. The van der Waals surface area contributed by atoms with E-state index in [4.69, 9.17) is 18.9 Å². The molecule has 0 aromatic carbocycles. The smallest absolute Gasteiger partial charge is 0.312 e. The minimum atomic E-state index is -0.413. The van der Waals surface area contributed by atoms with Crippen molar-refractivity contribution in [1.29, 1.82) is 0 Å². The summed E-state index contributed by atoms with van der Waals surface area (Å²) in [4.78, 5) is 25.2. The van der Waals surface area contributed by atoms with E-state index in [1.807, 2.05) is 0 Å². The normalized spacial score (nSPS) is 43.9. The Balaban J connectivity index is 1.59. The van der Waals surface area contributed by atoms with E-state index < -0.39 is 11.8 Å². The zero-order valence-electron chi connectivity index (χ0n) is 14.1. The monoisotopic (exact) mass is 336 g/mol. The number of methoxy groups -OCH3 is 2. The van der Waals surface area contributed by atoms with Gasteiger partial charge in [-0.25, -0.2) is 0 Å². The molecule has 0 heterocycles. The number of esters is 2. The Bertz CT molecular complexity index is 512. The van der Waals surface area contributed by atoms with E-state index in [1.165, 1.54) is 20.6 Å². The summed E-state index contributed by atoms with van der Waals surface area (Å²) in [6, 6.07) is 0. The predicted molar refractivity (Wildman–Crippen MR) is 82.2 cm³/mol. The van der Waals surface area contributed by atoms with Crippen molar-refractivity contribution in [3.05, 3.63) is 12.2 Å². The van der Waals surface area contributed by atoms with Crippen LogP contribution >= 0.6 is 0 Å². The number of carbonyl (C=O) groups is 2. The molecule has 6 nitrogen and oxygen atoms in total. The molecule has 4 bridgehead atoms. The van der Waals surface area contributed by atoms with E-state index in [-0.39, 0.29) is 37.4 Å². The maximum absolute atomic E-state index is 12.6. The molecule has 0 aromatic rings. The molecular weight excluding hydrogens is 312 g/mol. The summed E-state index contributed by atoms with van der Waals surface area (Å²) in [5.41, 5.74) is 0. The molecule has 0 spiro atoms. The summed E-state index contributed by atoms with van der Waals surface area (Å²) in [5, 5.41) is 0. The Kier molecular flexibility index (Phi) is 4.12. The highest BCUT2D eigenvalue weighted by atomic mass is 16.7. The molecule has 8 unspecified atom stereocenters. The van der Waals surface area contributed by atoms with Crippen molar-refractivity contribution in [3.63, 3.8) is 0 Å². The van der Waals surface area contributed by atoms with Crippen molar-refractivity contribution < 1.29 is 28.5 Å². The van der Waals surface area contributed by atoms with E-state index in [9.17, 15) is 9.59 Å². The van der Waals surface area contributed by atoms with Gasteiger partial charge in [0.25, 0.3) is 0 Å². The van der Waals surface area contributed by atoms with Gasteiger partial charge in [0.1, 0.15) is 0 Å². The second-order valence-electron chi connectivity index (χ2n) is 7.46. The first-order chi connectivity index (χ1) is 11.7. The second-order valence-corrected chi connectivity index (χ2v) is 7.46.